The highest BCUT2D eigenvalue weighted by atomic mass is 15.2. The second kappa shape index (κ2) is 6.28. The SMILES string of the molecule is CCNC1c2ccccc2CCCC1N(C)C1CCC1. The maximum Gasteiger partial charge on any atom is 0.0480 e. The molecule has 2 unspecified atom stereocenters. The van der Waals surface area contributed by atoms with Crippen molar-refractivity contribution in [2.75, 3.05) is 13.6 Å². The fourth-order valence-electron chi connectivity index (χ4n) is 3.91. The summed E-state index contributed by atoms with van der Waals surface area (Å²) < 4.78 is 0. The van der Waals surface area contributed by atoms with Crippen LogP contribution in [0.4, 0.5) is 0 Å². The Bertz CT molecular complexity index is 439. The normalized spacial score (nSPS) is 26.9. The van der Waals surface area contributed by atoms with E-state index in [2.05, 4.69) is 48.5 Å². The zero-order valence-electron chi connectivity index (χ0n) is 12.9. The van der Waals surface area contributed by atoms with Gasteiger partial charge in [0, 0.05) is 18.1 Å². The van der Waals surface area contributed by atoms with Crippen LogP contribution in [0.25, 0.3) is 0 Å². The predicted octanol–water partition coefficient (Wildman–Crippen LogP) is 3.53. The van der Waals surface area contributed by atoms with Gasteiger partial charge in [-0.25, -0.2) is 0 Å². The number of benzene rings is 1. The molecule has 2 heteroatoms. The molecule has 2 aliphatic carbocycles. The minimum absolute atomic E-state index is 0.504. The monoisotopic (exact) mass is 272 g/mol. The number of fused-ring (bicyclic) bond motifs is 1. The van der Waals surface area contributed by atoms with Gasteiger partial charge >= 0.3 is 0 Å². The minimum Gasteiger partial charge on any atom is -0.309 e. The molecule has 2 aliphatic rings. The number of hydrogen-bond donors (Lipinski definition) is 1. The molecule has 110 valence electrons. The maximum absolute atomic E-state index is 3.77. The lowest BCUT2D eigenvalue weighted by Crippen LogP contribution is -2.49. The van der Waals surface area contributed by atoms with Crippen molar-refractivity contribution in [2.24, 2.45) is 0 Å². The summed E-state index contributed by atoms with van der Waals surface area (Å²) in [4.78, 5) is 2.68. The van der Waals surface area contributed by atoms with Crippen LogP contribution in [-0.2, 0) is 6.42 Å². The molecule has 0 radical (unpaired) electrons. The van der Waals surface area contributed by atoms with Crippen LogP contribution in [0.5, 0.6) is 0 Å². The van der Waals surface area contributed by atoms with Crippen molar-refractivity contribution in [1.29, 1.82) is 0 Å². The van der Waals surface area contributed by atoms with Gasteiger partial charge in [-0.2, -0.15) is 0 Å². The zero-order valence-corrected chi connectivity index (χ0v) is 12.9. The van der Waals surface area contributed by atoms with E-state index in [0.717, 1.165) is 12.6 Å². The molecule has 1 fully saturated rings. The van der Waals surface area contributed by atoms with E-state index in [9.17, 15) is 0 Å². The van der Waals surface area contributed by atoms with Crippen LogP contribution in [0.1, 0.15) is 56.2 Å². The van der Waals surface area contributed by atoms with Gasteiger partial charge in [0.1, 0.15) is 0 Å². The van der Waals surface area contributed by atoms with Crippen LogP contribution in [0.15, 0.2) is 24.3 Å². The fourth-order valence-corrected chi connectivity index (χ4v) is 3.91. The molecule has 1 saturated carbocycles. The first kappa shape index (κ1) is 14.1. The van der Waals surface area contributed by atoms with Crippen molar-refractivity contribution >= 4 is 0 Å². The van der Waals surface area contributed by atoms with Crippen LogP contribution in [0.2, 0.25) is 0 Å². The van der Waals surface area contributed by atoms with E-state index in [1.807, 2.05) is 0 Å². The maximum atomic E-state index is 3.77. The Labute approximate surface area is 123 Å². The highest BCUT2D eigenvalue weighted by molar-refractivity contribution is 5.32. The number of rotatable bonds is 4. The first-order valence-corrected chi connectivity index (χ1v) is 8.34. The fraction of sp³-hybridized carbons (Fsp3) is 0.667. The molecule has 0 aromatic heterocycles. The smallest absolute Gasteiger partial charge is 0.0480 e. The number of aryl methyl sites for hydroxylation is 1. The highest BCUT2D eigenvalue weighted by Gasteiger charge is 2.34. The molecule has 1 aromatic rings. The van der Waals surface area contributed by atoms with Gasteiger partial charge in [-0.3, -0.25) is 4.90 Å². The minimum atomic E-state index is 0.504. The predicted molar refractivity (Wildman–Crippen MR) is 85.0 cm³/mol. The average Bonchev–Trinajstić information content (AvgIpc) is 2.57. The summed E-state index contributed by atoms with van der Waals surface area (Å²) in [6.07, 6.45) is 8.10. The van der Waals surface area contributed by atoms with Crippen molar-refractivity contribution in [3.8, 4) is 0 Å². The van der Waals surface area contributed by atoms with E-state index >= 15 is 0 Å². The Hall–Kier alpha value is -0.860. The van der Waals surface area contributed by atoms with Gasteiger partial charge in [-0.1, -0.05) is 37.6 Å². The zero-order chi connectivity index (χ0) is 13.9. The van der Waals surface area contributed by atoms with Crippen LogP contribution in [0, 0.1) is 0 Å². The quantitative estimate of drug-likeness (QED) is 0.844. The molecule has 0 spiro atoms. The third-order valence-corrected chi connectivity index (χ3v) is 5.32. The molecular formula is C18H28N2. The second-order valence-corrected chi connectivity index (χ2v) is 6.44. The molecule has 20 heavy (non-hydrogen) atoms. The Morgan fingerprint density at radius 1 is 1.15 bits per heavy atom. The van der Waals surface area contributed by atoms with Gasteiger partial charge in [-0.15, -0.1) is 0 Å². The lowest BCUT2D eigenvalue weighted by atomic mass is 9.87. The second-order valence-electron chi connectivity index (χ2n) is 6.44. The summed E-state index contributed by atoms with van der Waals surface area (Å²) in [6, 6.07) is 11.0. The highest BCUT2D eigenvalue weighted by Crippen LogP contribution is 2.35. The number of likely N-dealkylation sites (N-methyl/N-ethyl adjacent to an activating group) is 2. The summed E-state index contributed by atoms with van der Waals surface area (Å²) in [7, 11) is 2.35. The Kier molecular flexibility index (Phi) is 4.42. The van der Waals surface area contributed by atoms with Crippen molar-refractivity contribution in [3.05, 3.63) is 35.4 Å². The van der Waals surface area contributed by atoms with E-state index in [0.29, 0.717) is 12.1 Å². The molecule has 2 nitrogen and oxygen atoms in total. The van der Waals surface area contributed by atoms with Crippen molar-refractivity contribution in [1.82, 2.24) is 10.2 Å². The molecule has 0 bridgehead atoms. The third-order valence-electron chi connectivity index (χ3n) is 5.32. The lowest BCUT2D eigenvalue weighted by Gasteiger charge is -2.43. The van der Waals surface area contributed by atoms with Crippen molar-refractivity contribution in [3.63, 3.8) is 0 Å². The molecule has 0 aliphatic heterocycles. The van der Waals surface area contributed by atoms with Crippen molar-refractivity contribution < 1.29 is 0 Å². The first-order chi connectivity index (χ1) is 9.81. The molecule has 2 atom stereocenters. The Balaban J connectivity index is 1.88. The van der Waals surface area contributed by atoms with Crippen molar-refractivity contribution in [2.45, 2.75) is 63.6 Å². The lowest BCUT2D eigenvalue weighted by molar-refractivity contribution is 0.0823. The topological polar surface area (TPSA) is 15.3 Å². The van der Waals surface area contributed by atoms with Crippen LogP contribution < -0.4 is 5.32 Å². The number of nitrogens with one attached hydrogen (secondary N) is 1. The van der Waals surface area contributed by atoms with Crippen LogP contribution in [-0.4, -0.2) is 30.6 Å². The average molecular weight is 272 g/mol. The molecule has 0 amide bonds. The standard InChI is InChI=1S/C18H28N2/c1-3-19-18-16-12-5-4-8-14(16)9-6-13-17(18)20(2)15-10-7-11-15/h4-5,8,12,15,17-19H,3,6-7,9-11,13H2,1-2H3. The summed E-state index contributed by atoms with van der Waals surface area (Å²) in [6.45, 7) is 3.28. The van der Waals surface area contributed by atoms with Crippen LogP contribution >= 0.6 is 0 Å². The van der Waals surface area contributed by atoms with E-state index in [-0.39, 0.29) is 0 Å². The van der Waals surface area contributed by atoms with Crippen LogP contribution in [0.3, 0.4) is 0 Å². The Morgan fingerprint density at radius 2 is 1.95 bits per heavy atom. The first-order valence-electron chi connectivity index (χ1n) is 8.34. The number of hydrogen-bond acceptors (Lipinski definition) is 2. The number of nitrogens with zero attached hydrogens (tertiary/aromatic N) is 1. The van der Waals surface area contributed by atoms with E-state index in [4.69, 9.17) is 0 Å². The van der Waals surface area contributed by atoms with E-state index in [1.165, 1.54) is 38.5 Å². The molecule has 1 N–H and O–H groups in total. The van der Waals surface area contributed by atoms with E-state index < -0.39 is 0 Å². The van der Waals surface area contributed by atoms with Gasteiger partial charge in [0.25, 0.3) is 0 Å². The van der Waals surface area contributed by atoms with Gasteiger partial charge in [0.15, 0.2) is 0 Å². The Morgan fingerprint density at radius 3 is 2.65 bits per heavy atom. The largest absolute Gasteiger partial charge is 0.309 e. The molecular weight excluding hydrogens is 244 g/mol. The van der Waals surface area contributed by atoms with Gasteiger partial charge in [0.2, 0.25) is 0 Å². The summed E-state index contributed by atoms with van der Waals surface area (Å²) in [5, 5.41) is 3.77. The van der Waals surface area contributed by atoms with E-state index in [1.54, 1.807) is 11.1 Å². The van der Waals surface area contributed by atoms with Gasteiger partial charge < -0.3 is 5.32 Å². The third kappa shape index (κ3) is 2.64. The summed E-state index contributed by atoms with van der Waals surface area (Å²) in [5.41, 5.74) is 3.10. The molecule has 0 heterocycles. The summed E-state index contributed by atoms with van der Waals surface area (Å²) in [5.74, 6) is 0. The van der Waals surface area contributed by atoms with Gasteiger partial charge in [0.05, 0.1) is 0 Å². The summed E-state index contributed by atoms with van der Waals surface area (Å²) >= 11 is 0. The molecule has 1 aromatic carbocycles. The molecule has 0 saturated heterocycles. The van der Waals surface area contributed by atoms with Gasteiger partial charge in [-0.05, 0) is 56.8 Å². The molecule has 3 rings (SSSR count).